The molecule has 0 aromatic heterocycles. The Labute approximate surface area is 143 Å². The number of benzene rings is 2. The lowest BCUT2D eigenvalue weighted by Crippen LogP contribution is -2.34. The van der Waals surface area contributed by atoms with E-state index in [0.29, 0.717) is 10.7 Å². The van der Waals surface area contributed by atoms with Crippen LogP contribution in [0, 0.1) is 6.92 Å². The van der Waals surface area contributed by atoms with Crippen molar-refractivity contribution in [2.75, 3.05) is 5.32 Å². The molecule has 4 heteroatoms. The van der Waals surface area contributed by atoms with Gasteiger partial charge in [0.15, 0.2) is 5.11 Å². The number of hydrogen-bond donors (Lipinski definition) is 2. The maximum absolute atomic E-state index is 12.2. The third kappa shape index (κ3) is 4.39. The van der Waals surface area contributed by atoms with Crippen molar-refractivity contribution in [3.05, 3.63) is 64.7 Å². The van der Waals surface area contributed by atoms with Crippen molar-refractivity contribution in [3.8, 4) is 0 Å². The first-order chi connectivity index (χ1) is 11.0. The molecule has 2 aromatic rings. The molecule has 23 heavy (non-hydrogen) atoms. The molecule has 0 fully saturated rings. The molecule has 0 atom stereocenters. The summed E-state index contributed by atoms with van der Waals surface area (Å²) in [6, 6.07) is 13.7. The third-order valence-corrected chi connectivity index (χ3v) is 4.03. The Balaban J connectivity index is 2.06. The fraction of sp³-hybridized carbons (Fsp3) is 0.263. The molecular formula is C19H22N2OS. The average molecular weight is 326 g/mol. The van der Waals surface area contributed by atoms with Gasteiger partial charge in [0, 0.05) is 11.3 Å². The van der Waals surface area contributed by atoms with Crippen LogP contribution in [0.15, 0.2) is 42.5 Å². The van der Waals surface area contributed by atoms with Crippen LogP contribution in [0.4, 0.5) is 5.69 Å². The molecule has 0 heterocycles. The fourth-order valence-electron chi connectivity index (χ4n) is 2.41. The molecule has 2 aromatic carbocycles. The predicted molar refractivity (Wildman–Crippen MR) is 100 cm³/mol. The van der Waals surface area contributed by atoms with Gasteiger partial charge in [-0.1, -0.05) is 44.2 Å². The highest BCUT2D eigenvalue weighted by atomic mass is 32.1. The molecule has 0 spiro atoms. The quantitative estimate of drug-likeness (QED) is 0.826. The minimum atomic E-state index is -0.197. The molecule has 2 N–H and O–H groups in total. The minimum Gasteiger partial charge on any atom is -0.332 e. The van der Waals surface area contributed by atoms with E-state index in [9.17, 15) is 4.79 Å². The van der Waals surface area contributed by atoms with Crippen LogP contribution < -0.4 is 10.6 Å². The zero-order valence-corrected chi connectivity index (χ0v) is 14.6. The van der Waals surface area contributed by atoms with E-state index in [0.717, 1.165) is 24.1 Å². The van der Waals surface area contributed by atoms with Gasteiger partial charge in [0.1, 0.15) is 0 Å². The second-order valence-corrected chi connectivity index (χ2v) is 5.83. The van der Waals surface area contributed by atoms with Crippen molar-refractivity contribution in [2.45, 2.75) is 33.6 Å². The van der Waals surface area contributed by atoms with Crippen molar-refractivity contribution >= 4 is 28.9 Å². The summed E-state index contributed by atoms with van der Waals surface area (Å²) in [7, 11) is 0. The van der Waals surface area contributed by atoms with Crippen molar-refractivity contribution in [1.29, 1.82) is 0 Å². The van der Waals surface area contributed by atoms with Gasteiger partial charge in [0.05, 0.1) is 0 Å². The van der Waals surface area contributed by atoms with Gasteiger partial charge in [-0.3, -0.25) is 10.1 Å². The molecule has 0 aliphatic heterocycles. The zero-order chi connectivity index (χ0) is 16.8. The number of thiocarbonyl (C=S) groups is 1. The first-order valence-corrected chi connectivity index (χ1v) is 8.25. The van der Waals surface area contributed by atoms with E-state index < -0.39 is 0 Å². The summed E-state index contributed by atoms with van der Waals surface area (Å²) >= 11 is 5.28. The molecule has 0 unspecified atom stereocenters. The number of carbonyl (C=O) groups excluding carboxylic acids is 1. The number of aryl methyl sites for hydroxylation is 3. The van der Waals surface area contributed by atoms with E-state index in [4.69, 9.17) is 12.2 Å². The van der Waals surface area contributed by atoms with E-state index >= 15 is 0 Å². The van der Waals surface area contributed by atoms with E-state index in [-0.39, 0.29) is 5.91 Å². The van der Waals surface area contributed by atoms with Crippen LogP contribution in [0.3, 0.4) is 0 Å². The second-order valence-electron chi connectivity index (χ2n) is 5.42. The van der Waals surface area contributed by atoms with E-state index in [2.05, 4.69) is 30.5 Å². The van der Waals surface area contributed by atoms with Crippen molar-refractivity contribution < 1.29 is 4.79 Å². The molecule has 0 aliphatic carbocycles. The molecule has 1 amide bonds. The molecular weight excluding hydrogens is 304 g/mol. The van der Waals surface area contributed by atoms with Gasteiger partial charge in [0.25, 0.3) is 5.91 Å². The Bertz CT molecular complexity index is 708. The molecule has 0 saturated heterocycles. The lowest BCUT2D eigenvalue weighted by Gasteiger charge is -2.15. The highest BCUT2D eigenvalue weighted by Crippen LogP contribution is 2.20. The predicted octanol–water partition coefficient (Wildman–Crippen LogP) is 4.25. The summed E-state index contributed by atoms with van der Waals surface area (Å²) in [5.74, 6) is -0.197. The number of carbonyl (C=O) groups is 1. The Morgan fingerprint density at radius 2 is 1.74 bits per heavy atom. The zero-order valence-electron chi connectivity index (χ0n) is 13.8. The summed E-state index contributed by atoms with van der Waals surface area (Å²) in [6.45, 7) is 6.20. The Hall–Kier alpha value is -2.20. The maximum atomic E-state index is 12.2. The highest BCUT2D eigenvalue weighted by Gasteiger charge is 2.10. The van der Waals surface area contributed by atoms with Crippen molar-refractivity contribution in [2.24, 2.45) is 0 Å². The first kappa shape index (κ1) is 17.2. The van der Waals surface area contributed by atoms with E-state index in [1.807, 2.05) is 43.3 Å². The van der Waals surface area contributed by atoms with E-state index in [1.165, 1.54) is 11.1 Å². The summed E-state index contributed by atoms with van der Waals surface area (Å²) in [6.07, 6.45) is 1.86. The summed E-state index contributed by atoms with van der Waals surface area (Å²) in [5, 5.41) is 6.21. The molecule has 0 bridgehead atoms. The molecule has 2 rings (SSSR count). The SMILES string of the molecule is CCc1ccc(C(=O)NC(=S)Nc2c(C)cccc2CC)cc1. The standard InChI is InChI=1S/C19H22N2OS/c1-4-14-9-11-16(12-10-14)18(22)21-19(23)20-17-13(3)7-6-8-15(17)5-2/h6-12H,4-5H2,1-3H3,(H2,20,21,22,23). The number of amides is 1. The summed E-state index contributed by atoms with van der Waals surface area (Å²) < 4.78 is 0. The number of hydrogen-bond acceptors (Lipinski definition) is 2. The largest absolute Gasteiger partial charge is 0.332 e. The number of nitrogens with one attached hydrogen (secondary N) is 2. The van der Waals surface area contributed by atoms with Crippen LogP contribution in [0.1, 0.15) is 40.9 Å². The molecule has 0 aliphatic rings. The van der Waals surface area contributed by atoms with Gasteiger partial charge in [-0.05, 0) is 60.8 Å². The number of para-hydroxylation sites is 1. The average Bonchev–Trinajstić information content (AvgIpc) is 2.56. The molecule has 120 valence electrons. The van der Waals surface area contributed by atoms with Crippen molar-refractivity contribution in [3.63, 3.8) is 0 Å². The van der Waals surface area contributed by atoms with Crippen LogP contribution in [0.25, 0.3) is 0 Å². The van der Waals surface area contributed by atoms with Gasteiger partial charge in [0.2, 0.25) is 0 Å². The third-order valence-electron chi connectivity index (χ3n) is 3.83. The first-order valence-electron chi connectivity index (χ1n) is 7.84. The van der Waals surface area contributed by atoms with Gasteiger partial charge < -0.3 is 5.32 Å². The Morgan fingerprint density at radius 1 is 1.04 bits per heavy atom. The topological polar surface area (TPSA) is 41.1 Å². The smallest absolute Gasteiger partial charge is 0.257 e. The Morgan fingerprint density at radius 3 is 2.35 bits per heavy atom. The van der Waals surface area contributed by atoms with Crippen LogP contribution in [-0.2, 0) is 12.8 Å². The normalized spacial score (nSPS) is 10.2. The minimum absolute atomic E-state index is 0.197. The lowest BCUT2D eigenvalue weighted by molar-refractivity contribution is 0.0977. The Kier molecular flexibility index (Phi) is 5.88. The van der Waals surface area contributed by atoms with Crippen LogP contribution in [0.2, 0.25) is 0 Å². The lowest BCUT2D eigenvalue weighted by atomic mass is 10.1. The fourth-order valence-corrected chi connectivity index (χ4v) is 2.61. The van der Waals surface area contributed by atoms with Gasteiger partial charge in [-0.2, -0.15) is 0 Å². The van der Waals surface area contributed by atoms with Gasteiger partial charge >= 0.3 is 0 Å². The summed E-state index contributed by atoms with van der Waals surface area (Å²) in [4.78, 5) is 12.2. The second kappa shape index (κ2) is 7.88. The maximum Gasteiger partial charge on any atom is 0.257 e. The van der Waals surface area contributed by atoms with Crippen molar-refractivity contribution in [1.82, 2.24) is 5.32 Å². The molecule has 0 radical (unpaired) electrons. The number of rotatable bonds is 4. The van der Waals surface area contributed by atoms with Crippen LogP contribution in [0.5, 0.6) is 0 Å². The van der Waals surface area contributed by atoms with Gasteiger partial charge in [-0.25, -0.2) is 0 Å². The molecule has 3 nitrogen and oxygen atoms in total. The van der Waals surface area contributed by atoms with Gasteiger partial charge in [-0.15, -0.1) is 0 Å². The summed E-state index contributed by atoms with van der Waals surface area (Å²) in [5.41, 5.74) is 5.06. The highest BCUT2D eigenvalue weighted by molar-refractivity contribution is 7.80. The molecule has 0 saturated carbocycles. The monoisotopic (exact) mass is 326 g/mol. The van der Waals surface area contributed by atoms with Crippen LogP contribution in [-0.4, -0.2) is 11.0 Å². The van der Waals surface area contributed by atoms with E-state index in [1.54, 1.807) is 0 Å². The van der Waals surface area contributed by atoms with Crippen LogP contribution >= 0.6 is 12.2 Å². The number of anilines is 1.